The van der Waals surface area contributed by atoms with Crippen LogP contribution in [0.4, 0.5) is 10.5 Å². The Hall–Kier alpha value is -1.31. The molecule has 25 heavy (non-hydrogen) atoms. The van der Waals surface area contributed by atoms with Crippen molar-refractivity contribution in [2.24, 2.45) is 0 Å². The summed E-state index contributed by atoms with van der Waals surface area (Å²) in [4.78, 5) is 14.2. The Kier molecular flexibility index (Phi) is 5.55. The summed E-state index contributed by atoms with van der Waals surface area (Å²) in [7, 11) is -3.08. The lowest BCUT2D eigenvalue weighted by molar-refractivity contribution is 0.170. The molecular weight excluding hydrogens is 362 g/mol. The number of urea groups is 1. The van der Waals surface area contributed by atoms with Crippen molar-refractivity contribution in [3.8, 4) is 0 Å². The van der Waals surface area contributed by atoms with Gasteiger partial charge in [-0.3, -0.25) is 0 Å². The smallest absolute Gasteiger partial charge is 0.321 e. The van der Waals surface area contributed by atoms with E-state index in [1.54, 1.807) is 15.3 Å². The number of sulfonamides is 1. The van der Waals surface area contributed by atoms with Crippen molar-refractivity contribution in [3.05, 3.63) is 28.8 Å². The number of carbonyl (C=O) groups is 1. The van der Waals surface area contributed by atoms with Crippen LogP contribution in [0.3, 0.4) is 0 Å². The first-order chi connectivity index (χ1) is 11.9. The maximum atomic E-state index is 12.4. The van der Waals surface area contributed by atoms with Gasteiger partial charge in [0.05, 0.1) is 5.75 Å². The molecule has 1 aromatic rings. The van der Waals surface area contributed by atoms with Gasteiger partial charge in [-0.1, -0.05) is 24.6 Å². The molecule has 0 saturated carbocycles. The summed E-state index contributed by atoms with van der Waals surface area (Å²) in [6.07, 6.45) is 2.92. The van der Waals surface area contributed by atoms with Crippen molar-refractivity contribution in [1.29, 1.82) is 0 Å². The van der Waals surface area contributed by atoms with E-state index in [2.05, 4.69) is 5.32 Å². The third-order valence-corrected chi connectivity index (χ3v) is 7.33. The number of anilines is 1. The van der Waals surface area contributed by atoms with Gasteiger partial charge in [0.15, 0.2) is 0 Å². The summed E-state index contributed by atoms with van der Waals surface area (Å²) >= 11 is 6.19. The number of hydrogen-bond acceptors (Lipinski definition) is 3. The predicted molar refractivity (Wildman–Crippen MR) is 99.6 cm³/mol. The second kappa shape index (κ2) is 7.51. The summed E-state index contributed by atoms with van der Waals surface area (Å²) in [6.45, 7) is 3.76. The van der Waals surface area contributed by atoms with E-state index in [0.717, 1.165) is 12.0 Å². The quantitative estimate of drug-likeness (QED) is 0.869. The topological polar surface area (TPSA) is 69.7 Å². The molecule has 2 saturated heterocycles. The largest absolute Gasteiger partial charge is 0.324 e. The number of nitrogens with zero attached hydrogens (tertiary/aromatic N) is 2. The second-order valence-corrected chi connectivity index (χ2v) is 9.04. The molecule has 6 nitrogen and oxygen atoms in total. The summed E-state index contributed by atoms with van der Waals surface area (Å²) in [5.41, 5.74) is 1.73. The van der Waals surface area contributed by atoms with E-state index in [4.69, 9.17) is 11.6 Å². The maximum absolute atomic E-state index is 12.4. The van der Waals surface area contributed by atoms with Crippen LogP contribution in [0, 0.1) is 0 Å². The molecule has 1 N–H and O–H groups in total. The minimum absolute atomic E-state index is 0.0230. The monoisotopic (exact) mass is 385 g/mol. The van der Waals surface area contributed by atoms with Gasteiger partial charge in [0.1, 0.15) is 0 Å². The number of likely N-dealkylation sites (tertiary alicyclic amines) is 1. The molecule has 8 heteroatoms. The molecule has 1 aromatic carbocycles. The number of piperidine rings is 1. The fourth-order valence-corrected chi connectivity index (χ4v) is 5.66. The van der Waals surface area contributed by atoms with Gasteiger partial charge in [-0.2, -0.15) is 4.31 Å². The van der Waals surface area contributed by atoms with E-state index < -0.39 is 10.0 Å². The van der Waals surface area contributed by atoms with Crippen LogP contribution >= 0.6 is 11.6 Å². The van der Waals surface area contributed by atoms with E-state index in [0.29, 0.717) is 49.6 Å². The minimum Gasteiger partial charge on any atom is -0.324 e. The van der Waals surface area contributed by atoms with E-state index in [1.165, 1.54) is 0 Å². The van der Waals surface area contributed by atoms with Crippen LogP contribution in [0.5, 0.6) is 0 Å². The number of aryl methyl sites for hydroxylation is 1. The number of hydrogen-bond donors (Lipinski definition) is 1. The summed E-state index contributed by atoms with van der Waals surface area (Å²) < 4.78 is 25.7. The van der Waals surface area contributed by atoms with Crippen molar-refractivity contribution < 1.29 is 13.2 Å². The number of nitrogens with one attached hydrogen (secondary N) is 1. The number of halogens is 1. The van der Waals surface area contributed by atoms with Crippen LogP contribution in [0.25, 0.3) is 0 Å². The zero-order valence-electron chi connectivity index (χ0n) is 14.4. The molecule has 2 amide bonds. The molecule has 0 bridgehead atoms. The van der Waals surface area contributed by atoms with Gasteiger partial charge < -0.3 is 10.2 Å². The SMILES string of the molecule is CCc1ccc(NC(=O)N2CCC(N3CCCS3(=O)=O)CC2)cc1Cl. The van der Waals surface area contributed by atoms with Gasteiger partial charge in [-0.05, 0) is 43.4 Å². The number of amides is 2. The number of carbonyl (C=O) groups excluding carboxylic acids is 1. The van der Waals surface area contributed by atoms with Crippen molar-refractivity contribution in [2.45, 2.75) is 38.6 Å². The third kappa shape index (κ3) is 4.10. The Morgan fingerprint density at radius 2 is 2.00 bits per heavy atom. The van der Waals surface area contributed by atoms with Gasteiger partial charge in [-0.25, -0.2) is 13.2 Å². The summed E-state index contributed by atoms with van der Waals surface area (Å²) in [5, 5.41) is 3.53. The van der Waals surface area contributed by atoms with Crippen molar-refractivity contribution in [2.75, 3.05) is 30.7 Å². The van der Waals surface area contributed by atoms with E-state index in [9.17, 15) is 13.2 Å². The average molecular weight is 386 g/mol. The molecule has 2 fully saturated rings. The van der Waals surface area contributed by atoms with Crippen molar-refractivity contribution >= 4 is 33.3 Å². The third-order valence-electron chi connectivity index (χ3n) is 4.98. The van der Waals surface area contributed by atoms with Gasteiger partial charge in [-0.15, -0.1) is 0 Å². The highest BCUT2D eigenvalue weighted by Crippen LogP contribution is 2.25. The Labute approximate surface area is 154 Å². The van der Waals surface area contributed by atoms with E-state index in [-0.39, 0.29) is 17.8 Å². The van der Waals surface area contributed by atoms with Crippen molar-refractivity contribution in [1.82, 2.24) is 9.21 Å². The Morgan fingerprint density at radius 1 is 1.28 bits per heavy atom. The van der Waals surface area contributed by atoms with Crippen LogP contribution in [0.15, 0.2) is 18.2 Å². The highest BCUT2D eigenvalue weighted by molar-refractivity contribution is 7.89. The molecule has 2 aliphatic rings. The summed E-state index contributed by atoms with van der Waals surface area (Å²) in [5.74, 6) is 0.252. The highest BCUT2D eigenvalue weighted by atomic mass is 35.5. The van der Waals surface area contributed by atoms with Crippen molar-refractivity contribution in [3.63, 3.8) is 0 Å². The molecule has 2 heterocycles. The second-order valence-electron chi connectivity index (χ2n) is 6.59. The Bertz CT molecular complexity index is 746. The van der Waals surface area contributed by atoms with Crippen LogP contribution in [0.2, 0.25) is 5.02 Å². The molecule has 0 atom stereocenters. The fourth-order valence-electron chi connectivity index (χ4n) is 3.54. The van der Waals surface area contributed by atoms with Gasteiger partial charge in [0.2, 0.25) is 10.0 Å². The lowest BCUT2D eigenvalue weighted by Crippen LogP contribution is -2.48. The molecule has 0 radical (unpaired) electrons. The molecule has 0 aromatic heterocycles. The molecule has 3 rings (SSSR count). The first-order valence-electron chi connectivity index (χ1n) is 8.74. The van der Waals surface area contributed by atoms with Gasteiger partial charge >= 0.3 is 6.03 Å². The Morgan fingerprint density at radius 3 is 2.56 bits per heavy atom. The van der Waals surface area contributed by atoms with Gasteiger partial charge in [0, 0.05) is 36.4 Å². The fraction of sp³-hybridized carbons (Fsp3) is 0.588. The van der Waals surface area contributed by atoms with Crippen LogP contribution < -0.4 is 5.32 Å². The standard InChI is InChI=1S/C17H24ClN3O3S/c1-2-13-4-5-14(12-16(13)18)19-17(22)20-9-6-15(7-10-20)21-8-3-11-25(21,23)24/h4-5,12,15H,2-3,6-11H2,1H3,(H,19,22). The minimum atomic E-state index is -3.08. The van der Waals surface area contributed by atoms with E-state index in [1.807, 2.05) is 19.1 Å². The molecule has 138 valence electrons. The lowest BCUT2D eigenvalue weighted by atomic mass is 10.1. The zero-order chi connectivity index (χ0) is 18.0. The molecule has 0 unspecified atom stereocenters. The van der Waals surface area contributed by atoms with Crippen LogP contribution in [-0.2, 0) is 16.4 Å². The molecule has 2 aliphatic heterocycles. The summed E-state index contributed by atoms with van der Waals surface area (Å²) in [6, 6.07) is 5.40. The highest BCUT2D eigenvalue weighted by Gasteiger charge is 2.36. The first-order valence-corrected chi connectivity index (χ1v) is 10.7. The normalized spacial score (nSPS) is 21.4. The predicted octanol–water partition coefficient (Wildman–Crippen LogP) is 2.93. The van der Waals surface area contributed by atoms with Gasteiger partial charge in [0.25, 0.3) is 0 Å². The maximum Gasteiger partial charge on any atom is 0.321 e. The van der Waals surface area contributed by atoms with E-state index >= 15 is 0 Å². The molecular formula is C17H24ClN3O3S. The Balaban J connectivity index is 1.56. The molecule has 0 aliphatic carbocycles. The first kappa shape index (κ1) is 18.5. The lowest BCUT2D eigenvalue weighted by Gasteiger charge is -2.35. The van der Waals surface area contributed by atoms with Crippen LogP contribution in [-0.4, -0.2) is 55.1 Å². The zero-order valence-corrected chi connectivity index (χ0v) is 15.9. The average Bonchev–Trinajstić information content (AvgIpc) is 2.94. The molecule has 0 spiro atoms. The number of rotatable bonds is 3. The van der Waals surface area contributed by atoms with Crippen LogP contribution in [0.1, 0.15) is 31.7 Å². The number of benzene rings is 1.